The van der Waals surface area contributed by atoms with Crippen LogP contribution in [0, 0.1) is 0 Å². The number of halogens is 3. The Hall–Kier alpha value is -5.92. The average Bonchev–Trinajstić information content (AvgIpc) is 3.85. The van der Waals surface area contributed by atoms with E-state index >= 15 is 0 Å². The molecule has 3 heterocycles. The lowest BCUT2D eigenvalue weighted by atomic mass is 9.86. The maximum atomic E-state index is 13.9. The number of aromatic nitrogens is 1. The normalized spacial score (nSPS) is 15.9. The van der Waals surface area contributed by atoms with Crippen LogP contribution in [0.5, 0.6) is 0 Å². The van der Waals surface area contributed by atoms with Crippen LogP contribution >= 0.6 is 0 Å². The molecule has 0 aliphatic carbocycles. The number of nitrogens with one attached hydrogen (secondary N) is 1. The summed E-state index contributed by atoms with van der Waals surface area (Å²) < 4.78 is 47.1. The van der Waals surface area contributed by atoms with Gasteiger partial charge < -0.3 is 25.5 Å². The number of nitrogen functional groups attached to an aromatic ring is 1. The summed E-state index contributed by atoms with van der Waals surface area (Å²) in [7, 11) is 2.05. The van der Waals surface area contributed by atoms with Crippen molar-refractivity contribution in [3.63, 3.8) is 0 Å². The Bertz CT molecular complexity index is 2220. The van der Waals surface area contributed by atoms with Gasteiger partial charge in [-0.3, -0.25) is 14.6 Å². The first-order valence-corrected chi connectivity index (χ1v) is 20.6. The van der Waals surface area contributed by atoms with Crippen molar-refractivity contribution in [3.05, 3.63) is 161 Å². The zero-order valence-corrected chi connectivity index (χ0v) is 33.7. The molecule has 0 saturated carbocycles. The van der Waals surface area contributed by atoms with Crippen LogP contribution < -0.4 is 16.0 Å². The number of benzene rings is 4. The molecule has 60 heavy (non-hydrogen) atoms. The number of nitrogens with two attached hydrogens (primary N) is 1. The maximum Gasteiger partial charge on any atom is 0.416 e. The predicted octanol–water partition coefficient (Wildman–Crippen LogP) is 9.18. The number of rotatable bonds is 18. The molecule has 5 aromatic rings. The fourth-order valence-corrected chi connectivity index (χ4v) is 8.12. The molecule has 2 aliphatic rings. The number of amides is 3. The quantitative estimate of drug-likeness (QED) is 0.0594. The van der Waals surface area contributed by atoms with Gasteiger partial charge in [-0.25, -0.2) is 9.78 Å². The summed E-state index contributed by atoms with van der Waals surface area (Å²) in [5.41, 5.74) is 6.85. The van der Waals surface area contributed by atoms with Crippen molar-refractivity contribution < 1.29 is 32.3 Å². The molecular formula is C47H51F3N6O4. The van der Waals surface area contributed by atoms with Crippen LogP contribution in [0.15, 0.2) is 131 Å². The van der Waals surface area contributed by atoms with E-state index in [0.717, 1.165) is 70.0 Å². The fourth-order valence-electron chi connectivity index (χ4n) is 8.12. The minimum Gasteiger partial charge on any atom is -0.441 e. The number of oxazole rings is 1. The van der Waals surface area contributed by atoms with E-state index in [9.17, 15) is 27.9 Å². The molecule has 7 rings (SSSR count). The van der Waals surface area contributed by atoms with Gasteiger partial charge in [0.1, 0.15) is 5.76 Å². The largest absolute Gasteiger partial charge is 0.441 e. The third-order valence-corrected chi connectivity index (χ3v) is 11.3. The van der Waals surface area contributed by atoms with Gasteiger partial charge in [-0.05, 0) is 73.5 Å². The van der Waals surface area contributed by atoms with Gasteiger partial charge in [0.15, 0.2) is 5.60 Å². The fraction of sp³-hybridized carbons (Fsp3) is 0.340. The van der Waals surface area contributed by atoms with E-state index in [0.29, 0.717) is 52.5 Å². The lowest BCUT2D eigenvalue weighted by molar-refractivity contribution is -0.137. The van der Waals surface area contributed by atoms with Crippen molar-refractivity contribution in [1.29, 1.82) is 0 Å². The van der Waals surface area contributed by atoms with Crippen molar-refractivity contribution in [2.45, 2.75) is 75.7 Å². The first-order valence-electron chi connectivity index (χ1n) is 20.6. The van der Waals surface area contributed by atoms with Gasteiger partial charge in [-0.1, -0.05) is 117 Å². The summed E-state index contributed by atoms with van der Waals surface area (Å²) in [6, 6.07) is 29.0. The Morgan fingerprint density at radius 1 is 0.817 bits per heavy atom. The Morgan fingerprint density at radius 3 is 2.05 bits per heavy atom. The van der Waals surface area contributed by atoms with Crippen molar-refractivity contribution >= 4 is 23.3 Å². The molecule has 0 spiro atoms. The summed E-state index contributed by atoms with van der Waals surface area (Å²) >= 11 is 0. The molecule has 3 amide bonds. The maximum absolute atomic E-state index is 13.9. The Morgan fingerprint density at radius 2 is 1.42 bits per heavy atom. The molecule has 1 aromatic heterocycles. The van der Waals surface area contributed by atoms with E-state index in [2.05, 4.69) is 22.2 Å². The molecule has 13 heteroatoms. The van der Waals surface area contributed by atoms with Crippen LogP contribution in [-0.4, -0.2) is 58.5 Å². The summed E-state index contributed by atoms with van der Waals surface area (Å²) in [4.78, 5) is 37.1. The lowest BCUT2D eigenvalue weighted by Gasteiger charge is -2.34. The third kappa shape index (κ3) is 9.42. The van der Waals surface area contributed by atoms with Gasteiger partial charge in [0, 0.05) is 12.2 Å². The van der Waals surface area contributed by atoms with Gasteiger partial charge in [0.25, 0.3) is 5.91 Å². The van der Waals surface area contributed by atoms with E-state index < -0.39 is 29.4 Å². The van der Waals surface area contributed by atoms with E-state index in [-0.39, 0.29) is 24.0 Å². The van der Waals surface area contributed by atoms with E-state index in [1.165, 1.54) is 17.0 Å². The van der Waals surface area contributed by atoms with Gasteiger partial charge in [-0.15, -0.1) is 0 Å². The Kier molecular flexibility index (Phi) is 13.1. The highest BCUT2D eigenvalue weighted by Crippen LogP contribution is 2.41. The molecule has 4 N–H and O–H groups in total. The van der Waals surface area contributed by atoms with Crippen LogP contribution in [0.2, 0.25) is 0 Å². The second-order valence-electron chi connectivity index (χ2n) is 15.7. The molecule has 2 aliphatic heterocycles. The first-order chi connectivity index (χ1) is 28.9. The zero-order valence-electron chi connectivity index (χ0n) is 33.7. The summed E-state index contributed by atoms with van der Waals surface area (Å²) in [5.74, 6) is 0.686. The molecule has 10 nitrogen and oxygen atoms in total. The van der Waals surface area contributed by atoms with E-state index in [1.807, 2.05) is 60.7 Å². The topological polar surface area (TPSA) is 128 Å². The minimum atomic E-state index is -4.59. The number of alkyl halides is 3. The van der Waals surface area contributed by atoms with Crippen molar-refractivity contribution in [1.82, 2.24) is 20.1 Å². The second-order valence-corrected chi connectivity index (χ2v) is 15.7. The zero-order chi connectivity index (χ0) is 42.3. The number of anilines is 2. The Labute approximate surface area is 348 Å². The molecule has 0 radical (unpaired) electrons. The number of urea groups is 1. The van der Waals surface area contributed by atoms with Crippen LogP contribution in [0.3, 0.4) is 0 Å². The summed E-state index contributed by atoms with van der Waals surface area (Å²) in [6.07, 6.45) is 5.25. The van der Waals surface area contributed by atoms with Crippen molar-refractivity contribution in [2.75, 3.05) is 37.3 Å². The smallest absolute Gasteiger partial charge is 0.416 e. The van der Waals surface area contributed by atoms with E-state index in [1.54, 1.807) is 35.4 Å². The third-order valence-electron chi connectivity index (χ3n) is 11.3. The van der Waals surface area contributed by atoms with Gasteiger partial charge in [0.05, 0.1) is 47.8 Å². The monoisotopic (exact) mass is 820 g/mol. The van der Waals surface area contributed by atoms with Gasteiger partial charge in [-0.2, -0.15) is 13.2 Å². The highest BCUT2D eigenvalue weighted by molar-refractivity contribution is 6.07. The molecule has 0 fully saturated rings. The molecule has 0 unspecified atom stereocenters. The molecule has 314 valence electrons. The number of aliphatic hydroxyl groups is 1. The highest BCUT2D eigenvalue weighted by atomic mass is 19.4. The van der Waals surface area contributed by atoms with Crippen LogP contribution in [0.4, 0.5) is 29.3 Å². The molecule has 0 bridgehead atoms. The minimum absolute atomic E-state index is 0.0487. The number of hydrogen-bond acceptors (Lipinski definition) is 7. The van der Waals surface area contributed by atoms with Crippen molar-refractivity contribution in [2.24, 2.45) is 0 Å². The second kappa shape index (κ2) is 18.6. The standard InChI is InChI=1S/C47H51F3N6O4/c1-54(31-39-30-52-44(60-39)46(59,34-17-10-8-11-18-34)35-19-12-9-13-20-35)27-14-6-4-2-3-5-7-15-28-55-32-40-41(43(55)57)42(33-23-25-37(51)26-24-33)53-45(58)56(40)38-22-16-21-36(29-38)47(48,49)50/h8-13,16-26,29-30,42,59H,2-7,14-15,27-28,31-32,51H2,1H3,(H,53,58)/t42-/m1/s1. The van der Waals surface area contributed by atoms with Crippen LogP contribution in [-0.2, 0) is 23.1 Å². The summed E-state index contributed by atoms with van der Waals surface area (Å²) in [5, 5.41) is 14.8. The average molecular weight is 821 g/mol. The molecule has 4 aromatic carbocycles. The molecular weight excluding hydrogens is 770 g/mol. The SMILES string of the molecule is CN(CCCCCCCCCCN1CC2=C(C1=O)[C@@H](c1ccc(N)cc1)NC(=O)N2c1cccc(C(F)(F)F)c1)Cc1cnc(C(O)(c2ccccc2)c2ccccc2)o1. The van der Waals surface area contributed by atoms with Crippen LogP contribution in [0.1, 0.15) is 91.3 Å². The molecule has 1 atom stereocenters. The van der Waals surface area contributed by atoms with Gasteiger partial charge >= 0.3 is 12.2 Å². The number of carbonyl (C=O) groups is 2. The van der Waals surface area contributed by atoms with E-state index in [4.69, 9.17) is 10.2 Å². The first kappa shape index (κ1) is 42.2. The number of nitrogens with zero attached hydrogens (tertiary/aromatic N) is 4. The van der Waals surface area contributed by atoms with Gasteiger partial charge in [0.2, 0.25) is 5.89 Å². The summed E-state index contributed by atoms with van der Waals surface area (Å²) in [6.45, 7) is 2.06. The highest BCUT2D eigenvalue weighted by Gasteiger charge is 2.45. The number of unbranched alkanes of at least 4 members (excludes halogenated alkanes) is 7. The lowest BCUT2D eigenvalue weighted by Crippen LogP contribution is -2.47. The number of hydrogen-bond donors (Lipinski definition) is 3. The number of carbonyl (C=O) groups excluding carboxylic acids is 2. The van der Waals surface area contributed by atoms with Crippen molar-refractivity contribution in [3.8, 4) is 0 Å². The van der Waals surface area contributed by atoms with Crippen LogP contribution in [0.25, 0.3) is 0 Å². The Balaban J connectivity index is 0.850. The molecule has 0 saturated heterocycles. The predicted molar refractivity (Wildman–Crippen MR) is 224 cm³/mol.